The summed E-state index contributed by atoms with van der Waals surface area (Å²) in [6.07, 6.45) is 1.39. The highest BCUT2D eigenvalue weighted by Crippen LogP contribution is 2.30. The number of nitrogens with zero attached hydrogens (tertiary/aromatic N) is 1. The standard InChI is InChI=1S/C24H36N2O4/c1-8-9-14-29-20-17-12-10-11-13-18(17)21(27)26(16-23(2,3)4)19(20)15-25-22(28)30-24(5,6)7/h10-13H,8-9,14-16H2,1-7H3,(H,25,28). The molecule has 1 aromatic carbocycles. The maximum absolute atomic E-state index is 13.3. The number of amides is 1. The van der Waals surface area contributed by atoms with Gasteiger partial charge in [0.1, 0.15) is 11.4 Å². The first-order chi connectivity index (χ1) is 13.9. The van der Waals surface area contributed by atoms with Gasteiger partial charge in [0.15, 0.2) is 0 Å². The van der Waals surface area contributed by atoms with Crippen molar-refractivity contribution in [1.29, 1.82) is 0 Å². The summed E-state index contributed by atoms with van der Waals surface area (Å²) in [6, 6.07) is 7.48. The first kappa shape index (κ1) is 23.8. The van der Waals surface area contributed by atoms with Crippen LogP contribution in [0.2, 0.25) is 0 Å². The fourth-order valence-electron chi connectivity index (χ4n) is 3.18. The normalized spacial score (nSPS) is 12.1. The highest BCUT2D eigenvalue weighted by molar-refractivity contribution is 5.88. The second kappa shape index (κ2) is 9.54. The van der Waals surface area contributed by atoms with Crippen LogP contribution in [0.15, 0.2) is 29.1 Å². The lowest BCUT2D eigenvalue weighted by atomic mass is 9.96. The zero-order valence-corrected chi connectivity index (χ0v) is 19.4. The predicted molar refractivity (Wildman–Crippen MR) is 121 cm³/mol. The second-order valence-corrected chi connectivity index (χ2v) is 9.83. The number of aromatic nitrogens is 1. The van der Waals surface area contributed by atoms with Gasteiger partial charge in [-0.2, -0.15) is 0 Å². The lowest BCUT2D eigenvalue weighted by Crippen LogP contribution is -2.36. The zero-order valence-electron chi connectivity index (χ0n) is 19.4. The maximum atomic E-state index is 13.3. The summed E-state index contributed by atoms with van der Waals surface area (Å²) < 4.78 is 13.3. The summed E-state index contributed by atoms with van der Waals surface area (Å²) >= 11 is 0. The van der Waals surface area contributed by atoms with Crippen LogP contribution in [-0.2, 0) is 17.8 Å². The fraction of sp³-hybridized carbons (Fsp3) is 0.583. The van der Waals surface area contributed by atoms with Gasteiger partial charge in [0, 0.05) is 11.9 Å². The molecule has 0 aliphatic carbocycles. The molecule has 2 aromatic rings. The van der Waals surface area contributed by atoms with E-state index in [-0.39, 0.29) is 17.5 Å². The van der Waals surface area contributed by atoms with Gasteiger partial charge in [-0.1, -0.05) is 52.3 Å². The number of benzene rings is 1. The summed E-state index contributed by atoms with van der Waals surface area (Å²) in [5.74, 6) is 0.652. The van der Waals surface area contributed by atoms with Crippen LogP contribution in [0.4, 0.5) is 4.79 Å². The Morgan fingerprint density at radius 3 is 2.27 bits per heavy atom. The lowest BCUT2D eigenvalue weighted by molar-refractivity contribution is 0.0521. The van der Waals surface area contributed by atoms with E-state index >= 15 is 0 Å². The molecule has 0 unspecified atom stereocenters. The summed E-state index contributed by atoms with van der Waals surface area (Å²) in [4.78, 5) is 25.6. The van der Waals surface area contributed by atoms with Crippen molar-refractivity contribution in [3.05, 3.63) is 40.3 Å². The topological polar surface area (TPSA) is 69.6 Å². The summed E-state index contributed by atoms with van der Waals surface area (Å²) in [7, 11) is 0. The Bertz CT molecular complexity index is 933. The number of nitrogens with one attached hydrogen (secondary N) is 1. The number of hydrogen-bond acceptors (Lipinski definition) is 4. The van der Waals surface area contributed by atoms with Crippen LogP contribution in [0.3, 0.4) is 0 Å². The molecule has 1 amide bonds. The van der Waals surface area contributed by atoms with Crippen LogP contribution in [0.25, 0.3) is 10.8 Å². The number of ether oxygens (including phenoxy) is 2. The van der Waals surface area contributed by atoms with E-state index in [9.17, 15) is 9.59 Å². The molecule has 0 fully saturated rings. The van der Waals surface area contributed by atoms with Gasteiger partial charge < -0.3 is 19.4 Å². The van der Waals surface area contributed by atoms with Gasteiger partial charge in [-0.3, -0.25) is 4.79 Å². The van der Waals surface area contributed by atoms with Crippen molar-refractivity contribution in [2.24, 2.45) is 5.41 Å². The van der Waals surface area contributed by atoms with Gasteiger partial charge in [-0.05, 0) is 38.7 Å². The molecule has 0 radical (unpaired) electrons. The Hall–Kier alpha value is -2.50. The number of pyridine rings is 1. The minimum absolute atomic E-state index is 0.0793. The molecule has 6 nitrogen and oxygen atoms in total. The molecule has 0 atom stereocenters. The molecule has 0 saturated heterocycles. The van der Waals surface area contributed by atoms with Gasteiger partial charge in [0.2, 0.25) is 0 Å². The highest BCUT2D eigenvalue weighted by atomic mass is 16.6. The summed E-state index contributed by atoms with van der Waals surface area (Å²) in [5, 5.41) is 4.19. The SMILES string of the molecule is CCCCOc1c(CNC(=O)OC(C)(C)C)n(CC(C)(C)C)c(=O)c2ccccc12. The molecular formula is C24H36N2O4. The average Bonchev–Trinajstić information content (AvgIpc) is 2.62. The minimum atomic E-state index is -0.598. The van der Waals surface area contributed by atoms with Crippen molar-refractivity contribution in [3.63, 3.8) is 0 Å². The van der Waals surface area contributed by atoms with Gasteiger partial charge in [-0.25, -0.2) is 4.79 Å². The largest absolute Gasteiger partial charge is 0.491 e. The molecule has 2 rings (SSSR count). The molecule has 0 bridgehead atoms. The van der Waals surface area contributed by atoms with Gasteiger partial charge in [0.25, 0.3) is 5.56 Å². The van der Waals surface area contributed by atoms with Crippen LogP contribution in [0, 0.1) is 5.41 Å². The number of fused-ring (bicyclic) bond motifs is 1. The smallest absolute Gasteiger partial charge is 0.407 e. The van der Waals surface area contributed by atoms with Crippen molar-refractivity contribution in [1.82, 2.24) is 9.88 Å². The Labute approximate surface area is 179 Å². The molecule has 0 spiro atoms. The molecule has 0 saturated carbocycles. The molecule has 0 aliphatic rings. The predicted octanol–water partition coefficient (Wildman–Crippen LogP) is 5.25. The Balaban J connectivity index is 2.58. The first-order valence-corrected chi connectivity index (χ1v) is 10.7. The van der Waals surface area contributed by atoms with Crippen LogP contribution < -0.4 is 15.6 Å². The average molecular weight is 417 g/mol. The maximum Gasteiger partial charge on any atom is 0.407 e. The molecule has 6 heteroatoms. The molecule has 1 heterocycles. The summed E-state index contributed by atoms with van der Waals surface area (Å²) in [6.45, 7) is 15.0. The Kier molecular flexibility index (Phi) is 7.56. The van der Waals surface area contributed by atoms with E-state index in [2.05, 4.69) is 33.0 Å². The third-order valence-corrected chi connectivity index (χ3v) is 4.41. The molecule has 1 N–H and O–H groups in total. The first-order valence-electron chi connectivity index (χ1n) is 10.7. The number of rotatable bonds is 7. The van der Waals surface area contributed by atoms with Crippen molar-refractivity contribution in [2.45, 2.75) is 80.0 Å². The van der Waals surface area contributed by atoms with E-state index in [1.54, 1.807) is 4.57 Å². The van der Waals surface area contributed by atoms with Gasteiger partial charge >= 0.3 is 6.09 Å². The molecule has 30 heavy (non-hydrogen) atoms. The molecule has 1 aromatic heterocycles. The number of carbonyl (C=O) groups excluding carboxylic acids is 1. The number of carbonyl (C=O) groups is 1. The van der Waals surface area contributed by atoms with Crippen LogP contribution in [0.1, 0.15) is 67.0 Å². The van der Waals surface area contributed by atoms with E-state index in [0.29, 0.717) is 30.0 Å². The second-order valence-electron chi connectivity index (χ2n) is 9.83. The number of hydrogen-bond donors (Lipinski definition) is 1. The van der Waals surface area contributed by atoms with Crippen LogP contribution in [-0.4, -0.2) is 22.9 Å². The van der Waals surface area contributed by atoms with Gasteiger partial charge in [0.05, 0.1) is 24.2 Å². The lowest BCUT2D eigenvalue weighted by Gasteiger charge is -2.26. The third-order valence-electron chi connectivity index (χ3n) is 4.41. The van der Waals surface area contributed by atoms with Gasteiger partial charge in [-0.15, -0.1) is 0 Å². The van der Waals surface area contributed by atoms with E-state index in [1.807, 2.05) is 45.0 Å². The number of unbranched alkanes of at least 4 members (excludes halogenated alkanes) is 1. The monoisotopic (exact) mass is 416 g/mol. The van der Waals surface area contributed by atoms with Crippen LogP contribution in [0.5, 0.6) is 5.75 Å². The summed E-state index contributed by atoms with van der Waals surface area (Å²) in [5.41, 5.74) is -0.146. The fourth-order valence-corrected chi connectivity index (χ4v) is 3.18. The van der Waals surface area contributed by atoms with E-state index in [4.69, 9.17) is 9.47 Å². The van der Waals surface area contributed by atoms with E-state index < -0.39 is 11.7 Å². The van der Waals surface area contributed by atoms with E-state index in [1.165, 1.54) is 0 Å². The highest BCUT2D eigenvalue weighted by Gasteiger charge is 2.23. The van der Waals surface area contributed by atoms with Crippen molar-refractivity contribution in [3.8, 4) is 5.75 Å². The third kappa shape index (κ3) is 6.51. The van der Waals surface area contributed by atoms with Crippen LogP contribution >= 0.6 is 0 Å². The quantitative estimate of drug-likeness (QED) is 0.626. The van der Waals surface area contributed by atoms with Crippen molar-refractivity contribution < 1.29 is 14.3 Å². The molecule has 0 aliphatic heterocycles. The zero-order chi connectivity index (χ0) is 22.5. The molecule has 166 valence electrons. The number of alkyl carbamates (subject to hydrolysis) is 1. The van der Waals surface area contributed by atoms with E-state index in [0.717, 1.165) is 18.2 Å². The van der Waals surface area contributed by atoms with Crippen molar-refractivity contribution >= 4 is 16.9 Å². The Morgan fingerprint density at radius 1 is 1.07 bits per heavy atom. The molecular weight excluding hydrogens is 380 g/mol. The minimum Gasteiger partial charge on any atom is -0.491 e. The Morgan fingerprint density at radius 2 is 1.70 bits per heavy atom. The van der Waals surface area contributed by atoms with Crippen molar-refractivity contribution in [2.75, 3.05) is 6.61 Å².